The second-order valence-electron chi connectivity index (χ2n) is 5.45. The van der Waals surface area contributed by atoms with E-state index in [2.05, 4.69) is 34.0 Å². The van der Waals surface area contributed by atoms with Crippen molar-refractivity contribution in [3.63, 3.8) is 0 Å². The van der Waals surface area contributed by atoms with Crippen LogP contribution >= 0.6 is 0 Å². The van der Waals surface area contributed by atoms with Gasteiger partial charge in [-0.3, -0.25) is 5.10 Å². The van der Waals surface area contributed by atoms with Gasteiger partial charge in [0.25, 0.3) is 0 Å². The molecule has 4 N–H and O–H groups in total. The van der Waals surface area contributed by atoms with E-state index in [1.165, 1.54) is 0 Å². The Hall–Kier alpha value is -2.30. The van der Waals surface area contributed by atoms with E-state index >= 15 is 0 Å². The van der Waals surface area contributed by atoms with Crippen LogP contribution in [0.1, 0.15) is 32.4 Å². The number of para-hydroxylation sites is 2. The number of rotatable bonds is 5. The van der Waals surface area contributed by atoms with E-state index in [0.29, 0.717) is 11.7 Å². The summed E-state index contributed by atoms with van der Waals surface area (Å²) in [6, 6.07) is 7.99. The molecule has 0 amide bonds. The molecule has 2 aromatic heterocycles. The average Bonchev–Trinajstić information content (AvgIpc) is 3.07. The summed E-state index contributed by atoms with van der Waals surface area (Å²) in [5.41, 5.74) is 10.00. The zero-order valence-electron chi connectivity index (χ0n) is 12.5. The lowest BCUT2D eigenvalue weighted by Crippen LogP contribution is -2.03. The number of nitrogens with zero attached hydrogens (tertiary/aromatic N) is 2. The number of aromatic amines is 2. The first-order valence-corrected chi connectivity index (χ1v) is 7.50. The Morgan fingerprint density at radius 2 is 1.95 bits per heavy atom. The lowest BCUT2D eigenvalue weighted by Gasteiger charge is -2.11. The van der Waals surface area contributed by atoms with Crippen LogP contribution in [0.4, 0.5) is 5.82 Å². The van der Waals surface area contributed by atoms with Gasteiger partial charge in [0.2, 0.25) is 0 Å². The van der Waals surface area contributed by atoms with E-state index in [1.54, 1.807) is 0 Å². The highest BCUT2D eigenvalue weighted by atomic mass is 15.2. The van der Waals surface area contributed by atoms with Crippen LogP contribution in [0, 0.1) is 5.92 Å². The van der Waals surface area contributed by atoms with Crippen molar-refractivity contribution in [2.24, 2.45) is 5.92 Å². The van der Waals surface area contributed by atoms with E-state index in [-0.39, 0.29) is 0 Å². The van der Waals surface area contributed by atoms with Crippen LogP contribution in [0.3, 0.4) is 0 Å². The van der Waals surface area contributed by atoms with Crippen molar-refractivity contribution in [1.82, 2.24) is 20.2 Å². The molecule has 3 aromatic rings. The van der Waals surface area contributed by atoms with Gasteiger partial charge in [0.05, 0.1) is 16.6 Å². The number of fused-ring (bicyclic) bond motifs is 1. The molecule has 0 saturated heterocycles. The minimum absolute atomic E-state index is 0.509. The molecule has 3 rings (SSSR count). The zero-order valence-corrected chi connectivity index (χ0v) is 12.5. The lowest BCUT2D eigenvalue weighted by atomic mass is 9.96. The molecule has 0 unspecified atom stereocenters. The van der Waals surface area contributed by atoms with Gasteiger partial charge in [0.1, 0.15) is 5.82 Å². The Bertz CT molecular complexity index is 703. The van der Waals surface area contributed by atoms with Gasteiger partial charge in [-0.05, 0) is 24.5 Å². The molecule has 0 radical (unpaired) electrons. The third-order valence-corrected chi connectivity index (χ3v) is 4.14. The van der Waals surface area contributed by atoms with Crippen LogP contribution in [-0.4, -0.2) is 20.2 Å². The fraction of sp³-hybridized carbons (Fsp3) is 0.375. The minimum atomic E-state index is 0.509. The molecule has 5 heteroatoms. The Balaban J connectivity index is 2.03. The third-order valence-electron chi connectivity index (χ3n) is 4.14. The number of nitrogens with one attached hydrogen (secondary N) is 2. The van der Waals surface area contributed by atoms with Crippen molar-refractivity contribution in [1.29, 1.82) is 0 Å². The van der Waals surface area contributed by atoms with Crippen molar-refractivity contribution >= 4 is 16.9 Å². The summed E-state index contributed by atoms with van der Waals surface area (Å²) in [5, 5.41) is 7.26. The molecular weight excluding hydrogens is 262 g/mol. The Morgan fingerprint density at radius 1 is 1.19 bits per heavy atom. The molecule has 21 heavy (non-hydrogen) atoms. The molecule has 1 aromatic carbocycles. The normalized spacial score (nSPS) is 11.6. The molecule has 0 bridgehead atoms. The number of aromatic nitrogens is 4. The molecule has 0 atom stereocenters. The van der Waals surface area contributed by atoms with Gasteiger partial charge in [0.15, 0.2) is 5.82 Å². The molecule has 0 aliphatic rings. The molecule has 0 fully saturated rings. The highest BCUT2D eigenvalue weighted by molar-refractivity contribution is 5.82. The van der Waals surface area contributed by atoms with E-state index in [4.69, 9.17) is 5.73 Å². The quantitative estimate of drug-likeness (QED) is 0.670. The first-order valence-electron chi connectivity index (χ1n) is 7.50. The van der Waals surface area contributed by atoms with Crippen molar-refractivity contribution in [3.05, 3.63) is 30.0 Å². The number of anilines is 1. The summed E-state index contributed by atoms with van der Waals surface area (Å²) < 4.78 is 0. The summed E-state index contributed by atoms with van der Waals surface area (Å²) in [7, 11) is 0. The van der Waals surface area contributed by atoms with Gasteiger partial charge in [-0.15, -0.1) is 0 Å². The maximum absolute atomic E-state index is 6.05. The summed E-state index contributed by atoms with van der Waals surface area (Å²) in [6.07, 6.45) is 3.24. The Morgan fingerprint density at radius 3 is 2.67 bits per heavy atom. The number of benzene rings is 1. The fourth-order valence-corrected chi connectivity index (χ4v) is 2.74. The van der Waals surface area contributed by atoms with E-state index < -0.39 is 0 Å². The van der Waals surface area contributed by atoms with Crippen molar-refractivity contribution in [2.45, 2.75) is 33.1 Å². The number of imidazole rings is 1. The van der Waals surface area contributed by atoms with Gasteiger partial charge in [-0.1, -0.05) is 38.8 Å². The second-order valence-corrected chi connectivity index (χ2v) is 5.45. The van der Waals surface area contributed by atoms with Crippen LogP contribution < -0.4 is 5.73 Å². The van der Waals surface area contributed by atoms with Crippen LogP contribution in [0.2, 0.25) is 0 Å². The topological polar surface area (TPSA) is 83.4 Å². The molecule has 0 aliphatic heterocycles. The maximum Gasteiger partial charge on any atom is 0.156 e. The first kappa shape index (κ1) is 13.7. The Labute approximate surface area is 124 Å². The van der Waals surface area contributed by atoms with Crippen molar-refractivity contribution in [2.75, 3.05) is 5.73 Å². The second kappa shape index (κ2) is 5.60. The fourth-order valence-electron chi connectivity index (χ4n) is 2.74. The molecule has 0 saturated carbocycles. The maximum atomic E-state index is 6.05. The summed E-state index contributed by atoms with van der Waals surface area (Å²) >= 11 is 0. The zero-order chi connectivity index (χ0) is 14.8. The molecule has 110 valence electrons. The minimum Gasteiger partial charge on any atom is -0.382 e. The van der Waals surface area contributed by atoms with Crippen LogP contribution in [0.15, 0.2) is 24.3 Å². The standard InChI is InChI=1S/C16H21N5/c1-3-10(4-2)9-13-14(15(17)21-20-13)16-18-11-7-5-6-8-12(11)19-16/h5-8,10H,3-4,9H2,1-2H3,(H,18,19)(H3,17,20,21). The van der Waals surface area contributed by atoms with E-state index in [0.717, 1.165) is 47.4 Å². The van der Waals surface area contributed by atoms with Gasteiger partial charge in [0, 0.05) is 5.69 Å². The van der Waals surface area contributed by atoms with Gasteiger partial charge in [-0.2, -0.15) is 5.10 Å². The van der Waals surface area contributed by atoms with E-state index in [9.17, 15) is 0 Å². The van der Waals surface area contributed by atoms with Crippen molar-refractivity contribution in [3.8, 4) is 11.4 Å². The highest BCUT2D eigenvalue weighted by Gasteiger charge is 2.18. The number of nitrogens with two attached hydrogens (primary N) is 1. The van der Waals surface area contributed by atoms with E-state index in [1.807, 2.05) is 24.3 Å². The predicted molar refractivity (Wildman–Crippen MR) is 85.9 cm³/mol. The largest absolute Gasteiger partial charge is 0.382 e. The predicted octanol–water partition coefficient (Wildman–Crippen LogP) is 3.51. The van der Waals surface area contributed by atoms with Gasteiger partial charge in [-0.25, -0.2) is 4.98 Å². The van der Waals surface area contributed by atoms with Crippen LogP contribution in [-0.2, 0) is 6.42 Å². The lowest BCUT2D eigenvalue weighted by molar-refractivity contribution is 0.485. The van der Waals surface area contributed by atoms with Crippen LogP contribution in [0.25, 0.3) is 22.4 Å². The average molecular weight is 283 g/mol. The number of hydrogen-bond acceptors (Lipinski definition) is 3. The molecule has 0 aliphatic carbocycles. The molecular formula is C16H21N5. The smallest absolute Gasteiger partial charge is 0.156 e. The number of nitrogen functional groups attached to an aromatic ring is 1. The third kappa shape index (κ3) is 2.51. The summed E-state index contributed by atoms with van der Waals surface area (Å²) in [5.74, 6) is 1.94. The Kier molecular flexibility index (Phi) is 3.64. The summed E-state index contributed by atoms with van der Waals surface area (Å²) in [4.78, 5) is 7.98. The molecule has 0 spiro atoms. The molecule has 2 heterocycles. The van der Waals surface area contributed by atoms with Crippen molar-refractivity contribution < 1.29 is 0 Å². The number of H-pyrrole nitrogens is 2. The SMILES string of the molecule is CCC(CC)Cc1[nH]nc(N)c1-c1nc2ccccc2[nH]1. The highest BCUT2D eigenvalue weighted by Crippen LogP contribution is 2.30. The monoisotopic (exact) mass is 283 g/mol. The van der Waals surface area contributed by atoms with Crippen LogP contribution in [0.5, 0.6) is 0 Å². The van der Waals surface area contributed by atoms with Gasteiger partial charge >= 0.3 is 0 Å². The number of hydrogen-bond donors (Lipinski definition) is 3. The van der Waals surface area contributed by atoms with Gasteiger partial charge < -0.3 is 10.7 Å². The first-order chi connectivity index (χ1) is 10.2. The molecule has 5 nitrogen and oxygen atoms in total. The summed E-state index contributed by atoms with van der Waals surface area (Å²) in [6.45, 7) is 4.43.